The third-order valence-corrected chi connectivity index (χ3v) is 11.3. The summed E-state index contributed by atoms with van der Waals surface area (Å²) in [5, 5.41) is 25.9. The van der Waals surface area contributed by atoms with Crippen LogP contribution in [0.1, 0.15) is 49.8 Å². The summed E-state index contributed by atoms with van der Waals surface area (Å²) < 4.78 is 12.2. The summed E-state index contributed by atoms with van der Waals surface area (Å²) in [7, 11) is 0. The third-order valence-electron chi connectivity index (χ3n) is 10.6. The van der Waals surface area contributed by atoms with E-state index in [9.17, 15) is 24.3 Å². The molecule has 0 radical (unpaired) electrons. The number of anilines is 1. The van der Waals surface area contributed by atoms with E-state index in [1.54, 1.807) is 84.9 Å². The number of aliphatic carboxylic acids is 1. The zero-order valence-electron chi connectivity index (χ0n) is 32.2. The molecule has 8 rings (SSSR count). The number of nitrogens with one attached hydrogen (secondary N) is 2. The number of halogens is 2. The molecule has 12 nitrogen and oxygen atoms in total. The molecule has 5 aromatic carbocycles. The molecular weight excluding hydrogens is 817 g/mol. The first-order valence-electron chi connectivity index (χ1n) is 19.2. The summed E-state index contributed by atoms with van der Waals surface area (Å²) in [4.78, 5) is 59.6. The minimum atomic E-state index is -1.30. The van der Waals surface area contributed by atoms with Crippen molar-refractivity contribution in [2.75, 3.05) is 5.32 Å². The van der Waals surface area contributed by atoms with E-state index < -0.39 is 41.9 Å². The summed E-state index contributed by atoms with van der Waals surface area (Å²) in [6.45, 7) is 0.263. The summed E-state index contributed by atoms with van der Waals surface area (Å²) in [6, 6.07) is 32.9. The summed E-state index contributed by atoms with van der Waals surface area (Å²) in [5.41, 5.74) is 6.52. The van der Waals surface area contributed by atoms with Crippen LogP contribution < -0.4 is 20.1 Å². The smallest absolute Gasteiger partial charge is 0.326 e. The molecule has 304 valence electrons. The zero-order chi connectivity index (χ0) is 42.6. The molecule has 1 aromatic heterocycles. The number of hydrogen-bond donors (Lipinski definition) is 3. The lowest BCUT2D eigenvalue weighted by atomic mass is 9.91. The number of carboxylic acids is 1. The van der Waals surface area contributed by atoms with Crippen molar-refractivity contribution in [1.82, 2.24) is 15.2 Å². The van der Waals surface area contributed by atoms with Crippen LogP contribution >= 0.6 is 23.2 Å². The van der Waals surface area contributed by atoms with Gasteiger partial charge in [0, 0.05) is 42.9 Å². The normalized spacial score (nSPS) is 15.8. The van der Waals surface area contributed by atoms with Crippen molar-refractivity contribution < 1.29 is 33.8 Å². The van der Waals surface area contributed by atoms with Gasteiger partial charge in [-0.25, -0.2) is 4.79 Å². The maximum atomic E-state index is 14.1. The molecule has 6 aromatic rings. The molecule has 0 saturated heterocycles. The highest BCUT2D eigenvalue weighted by molar-refractivity contribution is 6.42. The van der Waals surface area contributed by atoms with E-state index in [4.69, 9.17) is 37.9 Å². The first kappa shape index (κ1) is 40.6. The van der Waals surface area contributed by atoms with Gasteiger partial charge < -0.3 is 30.1 Å². The van der Waals surface area contributed by atoms with Crippen molar-refractivity contribution in [3.8, 4) is 28.7 Å². The zero-order valence-corrected chi connectivity index (χ0v) is 33.7. The molecule has 0 saturated carbocycles. The monoisotopic (exact) mass is 851 g/mol. The molecule has 2 aliphatic heterocycles. The average Bonchev–Trinajstić information content (AvgIpc) is 3.28. The lowest BCUT2D eigenvalue weighted by Gasteiger charge is -2.37. The highest BCUT2D eigenvalue weighted by Gasteiger charge is 2.39. The van der Waals surface area contributed by atoms with Gasteiger partial charge in [-0.3, -0.25) is 19.4 Å². The number of rotatable bonds is 11. The van der Waals surface area contributed by atoms with Crippen molar-refractivity contribution in [3.05, 3.63) is 177 Å². The van der Waals surface area contributed by atoms with Gasteiger partial charge in [-0.2, -0.15) is 5.26 Å². The first-order valence-corrected chi connectivity index (χ1v) is 19.9. The fourth-order valence-corrected chi connectivity index (χ4v) is 7.65. The molecule has 3 N–H and O–H groups in total. The molecule has 3 atom stereocenters. The highest BCUT2D eigenvalue weighted by Crippen LogP contribution is 2.40. The van der Waals surface area contributed by atoms with E-state index >= 15 is 0 Å². The Morgan fingerprint density at radius 2 is 1.57 bits per heavy atom. The van der Waals surface area contributed by atoms with Gasteiger partial charge in [0.25, 0.3) is 11.8 Å². The SMILES string of the molecule is N#Cc1ccc(-c2ccc(C[C@H](NC(=O)C3Cc4cc5c(cc4CN3C(=O)c3ccncc3)O[C@@H](c3ccc(OCc4ccc(Cl)c(Cl)c4)cc3)C(=O)N5)C(=O)O)cc2)cc1. The van der Waals surface area contributed by atoms with Crippen LogP contribution in [0, 0.1) is 11.3 Å². The molecule has 0 fully saturated rings. The minimum absolute atomic E-state index is 0.00322. The third kappa shape index (κ3) is 9.04. The fourth-order valence-electron chi connectivity index (χ4n) is 7.33. The van der Waals surface area contributed by atoms with E-state index in [0.29, 0.717) is 60.6 Å². The molecule has 0 aliphatic carbocycles. The number of fused-ring (bicyclic) bond motifs is 2. The maximum Gasteiger partial charge on any atom is 0.326 e. The molecule has 14 heteroatoms. The predicted octanol–water partition coefficient (Wildman–Crippen LogP) is 7.96. The standard InChI is InChI=1S/C47H35Cl2N5O7/c48-37-14-5-29(19-38(37)49)26-60-36-12-10-32(11-13-36)43-45(56)52-39-21-34-22-41(54(25-35(34)23-42(39)61-43)46(57)33-15-17-51-18-16-33)44(55)53-40(47(58)59)20-27-1-6-30(7-2-27)31-8-3-28(24-50)4-9-31/h1-19,21,23,40-41,43H,20,22,25-26H2,(H,52,56)(H,53,55)(H,58,59)/t40-,41?,43-/m0/s1. The second-order valence-electron chi connectivity index (χ2n) is 14.6. The molecule has 3 amide bonds. The Labute approximate surface area is 360 Å². The Hall–Kier alpha value is -7.20. The minimum Gasteiger partial charge on any atom is -0.489 e. The van der Waals surface area contributed by atoms with Crippen LogP contribution in [0.3, 0.4) is 0 Å². The van der Waals surface area contributed by atoms with Gasteiger partial charge in [0.2, 0.25) is 12.0 Å². The van der Waals surface area contributed by atoms with Crippen LogP contribution in [-0.2, 0) is 40.4 Å². The highest BCUT2D eigenvalue weighted by atomic mass is 35.5. The van der Waals surface area contributed by atoms with Gasteiger partial charge in [0.1, 0.15) is 30.2 Å². The van der Waals surface area contributed by atoms with Crippen molar-refractivity contribution >= 4 is 52.6 Å². The summed E-state index contributed by atoms with van der Waals surface area (Å²) >= 11 is 12.2. The van der Waals surface area contributed by atoms with E-state index in [1.807, 2.05) is 30.3 Å². The van der Waals surface area contributed by atoms with E-state index in [1.165, 1.54) is 17.3 Å². The second kappa shape index (κ2) is 17.6. The second-order valence-corrected chi connectivity index (χ2v) is 15.4. The fraction of sp³-hybridized carbons (Fsp3) is 0.149. The van der Waals surface area contributed by atoms with Gasteiger partial charge in [-0.05, 0) is 94.0 Å². The predicted molar refractivity (Wildman–Crippen MR) is 227 cm³/mol. The number of ether oxygens (including phenoxy) is 2. The molecule has 3 heterocycles. The van der Waals surface area contributed by atoms with Gasteiger partial charge >= 0.3 is 5.97 Å². The van der Waals surface area contributed by atoms with E-state index in [0.717, 1.165) is 16.7 Å². The van der Waals surface area contributed by atoms with Gasteiger partial charge in [0.05, 0.1) is 27.4 Å². The molecular formula is C47H35Cl2N5O7. The van der Waals surface area contributed by atoms with Gasteiger partial charge in [0.15, 0.2) is 0 Å². The lowest BCUT2D eigenvalue weighted by Crippen LogP contribution is -2.56. The number of pyridine rings is 1. The van der Waals surface area contributed by atoms with Crippen LogP contribution in [-0.4, -0.2) is 50.8 Å². The number of nitriles is 1. The van der Waals surface area contributed by atoms with Gasteiger partial charge in [-0.1, -0.05) is 77.8 Å². The van der Waals surface area contributed by atoms with Crippen LogP contribution in [0.4, 0.5) is 5.69 Å². The molecule has 0 bridgehead atoms. The number of hydrogen-bond acceptors (Lipinski definition) is 8. The number of aromatic nitrogens is 1. The van der Waals surface area contributed by atoms with Crippen LogP contribution in [0.15, 0.2) is 128 Å². The average molecular weight is 853 g/mol. The Balaban J connectivity index is 0.991. The van der Waals surface area contributed by atoms with Crippen LogP contribution in [0.5, 0.6) is 11.5 Å². The number of carbonyl (C=O) groups is 4. The Kier molecular flexibility index (Phi) is 11.7. The van der Waals surface area contributed by atoms with Gasteiger partial charge in [-0.15, -0.1) is 0 Å². The van der Waals surface area contributed by atoms with Crippen molar-refractivity contribution in [1.29, 1.82) is 5.26 Å². The van der Waals surface area contributed by atoms with Crippen LogP contribution in [0.2, 0.25) is 10.0 Å². The molecule has 2 aliphatic rings. The maximum absolute atomic E-state index is 14.1. The number of amides is 3. The van der Waals surface area contributed by atoms with Crippen molar-refractivity contribution in [2.45, 2.75) is 44.2 Å². The molecule has 1 unspecified atom stereocenters. The van der Waals surface area contributed by atoms with E-state index in [2.05, 4.69) is 21.7 Å². The van der Waals surface area contributed by atoms with Crippen molar-refractivity contribution in [2.24, 2.45) is 0 Å². The number of nitrogens with zero attached hydrogens (tertiary/aromatic N) is 3. The topological polar surface area (TPSA) is 171 Å². The Morgan fingerprint density at radius 1 is 0.885 bits per heavy atom. The number of carbonyl (C=O) groups excluding carboxylic acids is 3. The van der Waals surface area contributed by atoms with Crippen LogP contribution in [0.25, 0.3) is 11.1 Å². The van der Waals surface area contributed by atoms with E-state index in [-0.39, 0.29) is 26.0 Å². The number of carboxylic acid groups (broad SMARTS) is 1. The quantitative estimate of drug-likeness (QED) is 0.117. The number of benzene rings is 5. The largest absolute Gasteiger partial charge is 0.489 e. The van der Waals surface area contributed by atoms with Crippen molar-refractivity contribution in [3.63, 3.8) is 0 Å². The summed E-state index contributed by atoms with van der Waals surface area (Å²) in [5.74, 6) is -1.75. The summed E-state index contributed by atoms with van der Waals surface area (Å²) in [6.07, 6.45) is 2.01. The Morgan fingerprint density at radius 3 is 2.25 bits per heavy atom. The lowest BCUT2D eigenvalue weighted by molar-refractivity contribution is -0.142. The Bertz CT molecular complexity index is 2690. The first-order chi connectivity index (χ1) is 29.5. The molecule has 61 heavy (non-hydrogen) atoms. The molecule has 0 spiro atoms.